The number of nitrogens with zero attached hydrogens (tertiary/aromatic N) is 2. The van der Waals surface area contributed by atoms with Crippen LogP contribution in [0.15, 0.2) is 30.5 Å². The van der Waals surface area contributed by atoms with Crippen LogP contribution < -0.4 is 0 Å². The van der Waals surface area contributed by atoms with E-state index in [4.69, 9.17) is 0 Å². The highest BCUT2D eigenvalue weighted by Gasteiger charge is 2.33. The molecule has 26 heavy (non-hydrogen) atoms. The number of nitrogens with one attached hydrogen (secondary N) is 1. The Morgan fingerprint density at radius 1 is 1.38 bits per heavy atom. The highest BCUT2D eigenvalue weighted by atomic mass is 19.1. The van der Waals surface area contributed by atoms with Crippen LogP contribution in [0.5, 0.6) is 0 Å². The molecular weight excluding hydrogens is 333 g/mol. The van der Waals surface area contributed by atoms with Crippen LogP contribution in [0.1, 0.15) is 19.4 Å². The average molecular weight is 359 g/mol. The third-order valence-electron chi connectivity index (χ3n) is 5.30. The molecule has 5 nitrogen and oxygen atoms in total. The summed E-state index contributed by atoms with van der Waals surface area (Å²) >= 11 is 0. The molecule has 2 aromatic rings. The zero-order chi connectivity index (χ0) is 18.8. The predicted molar refractivity (Wildman–Crippen MR) is 101 cm³/mol. The van der Waals surface area contributed by atoms with Crippen LogP contribution in [0.25, 0.3) is 16.5 Å². The van der Waals surface area contributed by atoms with Crippen LogP contribution >= 0.6 is 0 Å². The van der Waals surface area contributed by atoms with Gasteiger partial charge in [-0.2, -0.15) is 0 Å². The number of para-hydroxylation sites is 1. The molecule has 1 aromatic heterocycles. The van der Waals surface area contributed by atoms with Crippen molar-refractivity contribution in [3.8, 4) is 0 Å². The number of carbonyl (C=O) groups excluding carboxylic acids is 1. The lowest BCUT2D eigenvalue weighted by Crippen LogP contribution is -2.47. The molecule has 1 aromatic carbocycles. The van der Waals surface area contributed by atoms with Crippen molar-refractivity contribution in [2.24, 2.45) is 5.92 Å². The summed E-state index contributed by atoms with van der Waals surface area (Å²) in [6, 6.07) is 5.21. The van der Waals surface area contributed by atoms with Gasteiger partial charge in [0.05, 0.1) is 24.1 Å². The van der Waals surface area contributed by atoms with Crippen LogP contribution in [-0.4, -0.2) is 65.1 Å². The number of halogens is 1. The van der Waals surface area contributed by atoms with Gasteiger partial charge < -0.3 is 15.0 Å². The minimum atomic E-state index is -0.303. The van der Waals surface area contributed by atoms with E-state index in [0.717, 1.165) is 11.1 Å². The van der Waals surface area contributed by atoms with Crippen molar-refractivity contribution in [3.63, 3.8) is 0 Å². The SMILES string of the molecule is CCN(CC)C(=O)C1C=C(c2cccc3c(F)c[nH]c23)C(CO)N(C)C1. The van der Waals surface area contributed by atoms with Crippen LogP contribution in [-0.2, 0) is 4.79 Å². The largest absolute Gasteiger partial charge is 0.394 e. The normalized spacial score (nSPS) is 21.0. The van der Waals surface area contributed by atoms with Gasteiger partial charge in [0, 0.05) is 36.8 Å². The molecule has 2 N–H and O–H groups in total. The second-order valence-electron chi connectivity index (χ2n) is 6.74. The summed E-state index contributed by atoms with van der Waals surface area (Å²) in [5, 5.41) is 10.4. The molecule has 2 unspecified atom stereocenters. The molecule has 1 aliphatic heterocycles. The lowest BCUT2D eigenvalue weighted by Gasteiger charge is -2.37. The first-order valence-electron chi connectivity index (χ1n) is 9.09. The summed E-state index contributed by atoms with van der Waals surface area (Å²) < 4.78 is 14.0. The number of benzene rings is 1. The zero-order valence-corrected chi connectivity index (χ0v) is 15.5. The van der Waals surface area contributed by atoms with Crippen molar-refractivity contribution in [1.29, 1.82) is 0 Å². The van der Waals surface area contributed by atoms with Crippen molar-refractivity contribution in [1.82, 2.24) is 14.8 Å². The van der Waals surface area contributed by atoms with Gasteiger partial charge in [-0.05, 0) is 32.5 Å². The van der Waals surface area contributed by atoms with Gasteiger partial charge in [-0.1, -0.05) is 18.2 Å². The van der Waals surface area contributed by atoms with E-state index in [1.807, 2.05) is 42.8 Å². The van der Waals surface area contributed by atoms with Crippen molar-refractivity contribution in [3.05, 3.63) is 41.9 Å². The highest BCUT2D eigenvalue weighted by molar-refractivity contribution is 5.94. The maximum Gasteiger partial charge on any atom is 0.230 e. The number of carbonyl (C=O) groups is 1. The molecule has 140 valence electrons. The van der Waals surface area contributed by atoms with Crippen molar-refractivity contribution < 1.29 is 14.3 Å². The fourth-order valence-electron chi connectivity index (χ4n) is 3.84. The number of aliphatic hydroxyl groups excluding tert-OH is 1. The number of aliphatic hydroxyl groups is 1. The number of rotatable bonds is 5. The first kappa shape index (κ1) is 18.6. The second kappa shape index (κ2) is 7.60. The van der Waals surface area contributed by atoms with Gasteiger partial charge >= 0.3 is 0 Å². The Hall–Kier alpha value is -2.18. The molecule has 2 atom stereocenters. The van der Waals surface area contributed by atoms with Crippen LogP contribution in [0.2, 0.25) is 0 Å². The number of H-pyrrole nitrogens is 1. The Morgan fingerprint density at radius 3 is 2.77 bits per heavy atom. The van der Waals surface area contributed by atoms with Crippen LogP contribution in [0.4, 0.5) is 4.39 Å². The number of likely N-dealkylation sites (N-methyl/N-ethyl adjacent to an activating group) is 1. The van der Waals surface area contributed by atoms with Crippen LogP contribution in [0, 0.1) is 11.7 Å². The lowest BCUT2D eigenvalue weighted by molar-refractivity contribution is -0.134. The molecule has 0 spiro atoms. The maximum atomic E-state index is 14.0. The maximum absolute atomic E-state index is 14.0. The Balaban J connectivity index is 2.09. The number of aromatic nitrogens is 1. The van der Waals surface area contributed by atoms with E-state index in [1.165, 1.54) is 6.20 Å². The minimum absolute atomic E-state index is 0.0614. The number of hydrogen-bond donors (Lipinski definition) is 2. The molecule has 0 aliphatic carbocycles. The van der Waals surface area contributed by atoms with Crippen molar-refractivity contribution in [2.75, 3.05) is 33.3 Å². The van der Waals surface area contributed by atoms with Gasteiger partial charge in [0.15, 0.2) is 0 Å². The van der Waals surface area contributed by atoms with E-state index >= 15 is 0 Å². The number of amides is 1. The van der Waals surface area contributed by atoms with Gasteiger partial charge in [-0.15, -0.1) is 0 Å². The third-order valence-corrected chi connectivity index (χ3v) is 5.30. The van der Waals surface area contributed by atoms with Gasteiger partial charge in [0.1, 0.15) is 5.82 Å². The smallest absolute Gasteiger partial charge is 0.230 e. The standard InChI is InChI=1S/C20H26FN3O2/c1-4-24(5-2)20(26)13-9-16(18(12-25)23(3)11-13)14-7-6-8-15-17(21)10-22-19(14)15/h6-10,13,18,22,25H,4-5,11-12H2,1-3H3. The number of fused-ring (bicyclic) bond motifs is 1. The Labute approximate surface area is 153 Å². The summed E-state index contributed by atoms with van der Waals surface area (Å²) in [6.45, 7) is 5.77. The molecular formula is C20H26FN3O2. The van der Waals surface area contributed by atoms with Gasteiger partial charge in [0.2, 0.25) is 5.91 Å². The summed E-state index contributed by atoms with van der Waals surface area (Å²) in [6.07, 6.45) is 3.29. The van der Waals surface area contributed by atoms with Gasteiger partial charge in [-0.3, -0.25) is 9.69 Å². The van der Waals surface area contributed by atoms with E-state index in [9.17, 15) is 14.3 Å². The molecule has 0 saturated carbocycles. The van der Waals surface area contributed by atoms with Crippen molar-refractivity contribution in [2.45, 2.75) is 19.9 Å². The Kier molecular flexibility index (Phi) is 5.44. The monoisotopic (exact) mass is 359 g/mol. The van der Waals surface area contributed by atoms with Crippen molar-refractivity contribution >= 4 is 22.4 Å². The summed E-state index contributed by atoms with van der Waals surface area (Å²) in [4.78, 5) is 19.7. The van der Waals surface area contributed by atoms with E-state index in [-0.39, 0.29) is 30.3 Å². The lowest BCUT2D eigenvalue weighted by atomic mass is 9.87. The van der Waals surface area contributed by atoms with E-state index in [2.05, 4.69) is 4.98 Å². The van der Waals surface area contributed by atoms with E-state index in [1.54, 1.807) is 12.1 Å². The summed E-state index contributed by atoms with van der Waals surface area (Å²) in [7, 11) is 1.91. The fourth-order valence-corrected chi connectivity index (χ4v) is 3.84. The molecule has 1 aliphatic rings. The van der Waals surface area contributed by atoms with E-state index < -0.39 is 0 Å². The molecule has 0 saturated heterocycles. The Bertz CT molecular complexity index is 826. The molecule has 0 radical (unpaired) electrons. The molecule has 1 amide bonds. The third kappa shape index (κ3) is 3.15. The first-order valence-corrected chi connectivity index (χ1v) is 9.09. The second-order valence-corrected chi connectivity index (χ2v) is 6.74. The average Bonchev–Trinajstić information content (AvgIpc) is 3.03. The Morgan fingerprint density at radius 2 is 2.12 bits per heavy atom. The van der Waals surface area contributed by atoms with Gasteiger partial charge in [0.25, 0.3) is 0 Å². The molecule has 3 rings (SSSR count). The molecule has 6 heteroatoms. The van der Waals surface area contributed by atoms with Gasteiger partial charge in [-0.25, -0.2) is 4.39 Å². The van der Waals surface area contributed by atoms with Crippen LogP contribution in [0.3, 0.4) is 0 Å². The molecule has 0 fully saturated rings. The first-order chi connectivity index (χ1) is 12.5. The zero-order valence-electron chi connectivity index (χ0n) is 15.5. The minimum Gasteiger partial charge on any atom is -0.394 e. The quantitative estimate of drug-likeness (QED) is 0.862. The predicted octanol–water partition coefficient (Wildman–Crippen LogP) is 2.48. The van der Waals surface area contributed by atoms with E-state index in [0.29, 0.717) is 30.5 Å². The number of hydrogen-bond acceptors (Lipinski definition) is 3. The molecule has 2 heterocycles. The summed E-state index contributed by atoms with van der Waals surface area (Å²) in [5.74, 6) is -0.503. The molecule has 0 bridgehead atoms. The summed E-state index contributed by atoms with van der Waals surface area (Å²) in [5.41, 5.74) is 2.38. The fraction of sp³-hybridized carbons (Fsp3) is 0.450. The number of aromatic amines is 1. The topological polar surface area (TPSA) is 59.6 Å². The highest BCUT2D eigenvalue weighted by Crippen LogP contribution is 2.33.